The van der Waals surface area contributed by atoms with Gasteiger partial charge in [-0.15, -0.1) is 0 Å². The average molecular weight is 337 g/mol. The number of carbonyl (C=O) groups excluding carboxylic acids is 1. The summed E-state index contributed by atoms with van der Waals surface area (Å²) in [6.45, 7) is 2.09. The van der Waals surface area contributed by atoms with E-state index in [0.29, 0.717) is 15.7 Å². The Kier molecular flexibility index (Phi) is 4.30. The van der Waals surface area contributed by atoms with Gasteiger partial charge in [0, 0.05) is 23.9 Å². The predicted molar refractivity (Wildman–Crippen MR) is 79.6 cm³/mol. The molecule has 1 saturated heterocycles. The third-order valence-electron chi connectivity index (χ3n) is 3.16. The molecule has 2 N–H and O–H groups in total. The zero-order valence-corrected chi connectivity index (χ0v) is 13.1. The topological polar surface area (TPSA) is 80.5 Å². The van der Waals surface area contributed by atoms with E-state index < -0.39 is 10.0 Å². The number of amides is 1. The molecule has 2 rings (SSSR count). The summed E-state index contributed by atoms with van der Waals surface area (Å²) in [5.74, 6) is -0.686. The molecule has 1 aromatic rings. The molecule has 20 heavy (non-hydrogen) atoms. The highest BCUT2D eigenvalue weighted by molar-refractivity contribution is 7.89. The van der Waals surface area contributed by atoms with Gasteiger partial charge in [-0.25, -0.2) is 13.6 Å². The molecule has 1 atom stereocenters. The lowest BCUT2D eigenvalue weighted by Crippen LogP contribution is -2.28. The molecule has 1 unspecified atom stereocenters. The van der Waals surface area contributed by atoms with Gasteiger partial charge in [-0.3, -0.25) is 4.79 Å². The van der Waals surface area contributed by atoms with Crippen molar-refractivity contribution in [1.82, 2.24) is 0 Å². The van der Waals surface area contributed by atoms with Crippen LogP contribution in [0.2, 0.25) is 10.0 Å². The smallest absolute Gasteiger partial charge is 0.227 e. The van der Waals surface area contributed by atoms with Gasteiger partial charge in [-0.05, 0) is 24.6 Å². The Morgan fingerprint density at radius 1 is 1.40 bits per heavy atom. The molecule has 1 amide bonds. The molecule has 1 aromatic carbocycles. The number of sulfonamides is 1. The number of benzene rings is 1. The molecule has 1 aliphatic heterocycles. The van der Waals surface area contributed by atoms with Crippen LogP contribution in [0.5, 0.6) is 0 Å². The zero-order chi connectivity index (χ0) is 15.1. The van der Waals surface area contributed by atoms with Crippen molar-refractivity contribution in [3.63, 3.8) is 0 Å². The maximum atomic E-state index is 12.1. The summed E-state index contributed by atoms with van der Waals surface area (Å²) < 4.78 is 22.2. The summed E-state index contributed by atoms with van der Waals surface area (Å²) in [6.07, 6.45) is 0.148. The van der Waals surface area contributed by atoms with Crippen LogP contribution in [0.3, 0.4) is 0 Å². The van der Waals surface area contributed by atoms with Gasteiger partial charge in [0.15, 0.2) is 0 Å². The maximum Gasteiger partial charge on any atom is 0.227 e. The van der Waals surface area contributed by atoms with Crippen molar-refractivity contribution in [2.75, 3.05) is 17.2 Å². The summed E-state index contributed by atoms with van der Waals surface area (Å²) >= 11 is 12.0. The van der Waals surface area contributed by atoms with E-state index >= 15 is 0 Å². The highest BCUT2D eigenvalue weighted by atomic mass is 35.5. The summed E-state index contributed by atoms with van der Waals surface area (Å²) in [6, 6.07) is 3.27. The van der Waals surface area contributed by atoms with E-state index in [0.717, 1.165) is 5.56 Å². The first kappa shape index (κ1) is 15.6. The van der Waals surface area contributed by atoms with Gasteiger partial charge in [0.25, 0.3) is 0 Å². The quantitative estimate of drug-likeness (QED) is 0.915. The predicted octanol–water partition coefficient (Wildman–Crippen LogP) is 1.94. The molecular weight excluding hydrogens is 323 g/mol. The van der Waals surface area contributed by atoms with Gasteiger partial charge in [-0.1, -0.05) is 23.2 Å². The van der Waals surface area contributed by atoms with Crippen molar-refractivity contribution in [3.05, 3.63) is 27.7 Å². The minimum atomic E-state index is -3.60. The number of aryl methyl sites for hydroxylation is 1. The van der Waals surface area contributed by atoms with E-state index in [9.17, 15) is 13.2 Å². The SMILES string of the molecule is Cc1cc(Cl)cc(Cl)c1N1CC(CS(N)(=O)=O)CC1=O. The van der Waals surface area contributed by atoms with Crippen molar-refractivity contribution >= 4 is 44.8 Å². The molecule has 1 fully saturated rings. The van der Waals surface area contributed by atoms with Gasteiger partial charge in [0.2, 0.25) is 15.9 Å². The Hall–Kier alpha value is -0.820. The Balaban J connectivity index is 2.29. The van der Waals surface area contributed by atoms with Crippen LogP contribution in [0.4, 0.5) is 5.69 Å². The van der Waals surface area contributed by atoms with Crippen molar-refractivity contribution in [3.8, 4) is 0 Å². The maximum absolute atomic E-state index is 12.1. The van der Waals surface area contributed by atoms with Crippen LogP contribution in [-0.4, -0.2) is 26.6 Å². The number of nitrogens with two attached hydrogens (primary N) is 1. The monoisotopic (exact) mass is 336 g/mol. The normalized spacial score (nSPS) is 19.7. The summed E-state index contributed by atoms with van der Waals surface area (Å²) in [7, 11) is -3.60. The number of hydrogen-bond acceptors (Lipinski definition) is 3. The molecule has 0 spiro atoms. The zero-order valence-electron chi connectivity index (χ0n) is 10.8. The number of primary sulfonamides is 1. The van der Waals surface area contributed by atoms with Gasteiger partial charge in [-0.2, -0.15) is 0 Å². The minimum Gasteiger partial charge on any atom is -0.310 e. The van der Waals surface area contributed by atoms with Crippen molar-refractivity contribution in [2.24, 2.45) is 11.1 Å². The molecule has 1 heterocycles. The number of nitrogens with zero attached hydrogens (tertiary/aromatic N) is 1. The second kappa shape index (κ2) is 5.52. The van der Waals surface area contributed by atoms with Crippen LogP contribution in [0.15, 0.2) is 12.1 Å². The largest absolute Gasteiger partial charge is 0.310 e. The summed E-state index contributed by atoms with van der Waals surface area (Å²) in [4.78, 5) is 13.6. The Morgan fingerprint density at radius 2 is 2.05 bits per heavy atom. The molecule has 1 aliphatic rings. The highest BCUT2D eigenvalue weighted by Gasteiger charge is 2.34. The number of rotatable bonds is 3. The Bertz CT molecular complexity index is 638. The molecule has 5 nitrogen and oxygen atoms in total. The van der Waals surface area contributed by atoms with E-state index in [1.54, 1.807) is 19.1 Å². The number of anilines is 1. The van der Waals surface area contributed by atoms with E-state index in [1.807, 2.05) is 0 Å². The number of hydrogen-bond donors (Lipinski definition) is 1. The third kappa shape index (κ3) is 3.44. The fraction of sp³-hybridized carbons (Fsp3) is 0.417. The van der Waals surface area contributed by atoms with Crippen molar-refractivity contribution < 1.29 is 13.2 Å². The molecule has 0 saturated carbocycles. The second-order valence-corrected chi connectivity index (χ2v) is 7.46. The molecule has 0 bridgehead atoms. The van der Waals surface area contributed by atoms with Crippen LogP contribution in [-0.2, 0) is 14.8 Å². The number of carbonyl (C=O) groups is 1. The average Bonchev–Trinajstić information content (AvgIpc) is 2.55. The molecule has 0 radical (unpaired) electrons. The second-order valence-electron chi connectivity index (χ2n) is 4.96. The Labute approximate surface area is 127 Å². The lowest BCUT2D eigenvalue weighted by atomic mass is 10.1. The van der Waals surface area contributed by atoms with Gasteiger partial charge in [0.05, 0.1) is 16.5 Å². The van der Waals surface area contributed by atoms with E-state index in [-0.39, 0.29) is 30.5 Å². The molecule has 0 aliphatic carbocycles. The third-order valence-corrected chi connectivity index (χ3v) is 4.60. The summed E-state index contributed by atoms with van der Waals surface area (Å²) in [5, 5.41) is 5.89. The fourth-order valence-corrected chi connectivity index (χ4v) is 4.05. The van der Waals surface area contributed by atoms with E-state index in [4.69, 9.17) is 28.3 Å². The first-order chi connectivity index (χ1) is 9.17. The van der Waals surface area contributed by atoms with E-state index in [1.165, 1.54) is 4.90 Å². The summed E-state index contributed by atoms with van der Waals surface area (Å²) in [5.41, 5.74) is 1.35. The highest BCUT2D eigenvalue weighted by Crippen LogP contribution is 2.36. The van der Waals surface area contributed by atoms with Crippen molar-refractivity contribution in [2.45, 2.75) is 13.3 Å². The van der Waals surface area contributed by atoms with Gasteiger partial charge >= 0.3 is 0 Å². The van der Waals surface area contributed by atoms with E-state index in [2.05, 4.69) is 0 Å². The van der Waals surface area contributed by atoms with Crippen LogP contribution >= 0.6 is 23.2 Å². The first-order valence-corrected chi connectivity index (χ1v) is 8.41. The molecule has 8 heteroatoms. The van der Waals surface area contributed by atoms with Crippen molar-refractivity contribution in [1.29, 1.82) is 0 Å². The first-order valence-electron chi connectivity index (χ1n) is 5.94. The molecular formula is C12H14Cl2N2O3S. The van der Waals surface area contributed by atoms with Crippen LogP contribution in [0.25, 0.3) is 0 Å². The Morgan fingerprint density at radius 3 is 2.60 bits per heavy atom. The van der Waals surface area contributed by atoms with Crippen LogP contribution in [0.1, 0.15) is 12.0 Å². The van der Waals surface area contributed by atoms with Crippen LogP contribution < -0.4 is 10.0 Å². The van der Waals surface area contributed by atoms with Gasteiger partial charge in [0.1, 0.15) is 0 Å². The van der Waals surface area contributed by atoms with Gasteiger partial charge < -0.3 is 4.90 Å². The lowest BCUT2D eigenvalue weighted by molar-refractivity contribution is -0.117. The standard InChI is InChI=1S/C12H14Cl2N2O3S/c1-7-2-9(13)4-10(14)12(7)16-5-8(3-11(16)17)6-20(15,18)19/h2,4,8H,3,5-6H2,1H3,(H2,15,18,19). The molecule has 0 aromatic heterocycles. The number of halogens is 2. The van der Waals surface area contributed by atoms with Crippen LogP contribution in [0, 0.1) is 12.8 Å². The minimum absolute atomic E-state index is 0.148. The molecule has 110 valence electrons. The fourth-order valence-electron chi connectivity index (χ4n) is 2.47. The lowest BCUT2D eigenvalue weighted by Gasteiger charge is -2.20.